The molecule has 1 N–H and O–H groups in total. The van der Waals surface area contributed by atoms with E-state index < -0.39 is 23.8 Å². The topological polar surface area (TPSA) is 100 Å². The molecular formula is C27H35NO7. The van der Waals surface area contributed by atoms with Gasteiger partial charge < -0.3 is 24.3 Å². The lowest BCUT2D eigenvalue weighted by molar-refractivity contribution is -0.151. The minimum Gasteiger partial charge on any atom is -0.494 e. The molecule has 8 heteroatoms. The number of ketones is 1. The quantitative estimate of drug-likeness (QED) is 0.321. The van der Waals surface area contributed by atoms with Crippen molar-refractivity contribution < 1.29 is 33.3 Å². The second kappa shape index (κ2) is 11.5. The number of allylic oxidation sites excluding steroid dienone is 3. The minimum atomic E-state index is -0.947. The molecule has 3 rings (SSSR count). The molecule has 0 radical (unpaired) electrons. The number of ether oxygens (including phenoxy) is 4. The molecule has 2 aliphatic rings. The molecule has 3 atom stereocenters. The summed E-state index contributed by atoms with van der Waals surface area (Å²) in [4.78, 5) is 39.7. The van der Waals surface area contributed by atoms with Crippen LogP contribution in [-0.2, 0) is 28.6 Å². The van der Waals surface area contributed by atoms with Gasteiger partial charge in [-0.15, -0.1) is 0 Å². The molecule has 8 nitrogen and oxygen atoms in total. The molecule has 0 unspecified atom stereocenters. The van der Waals surface area contributed by atoms with Gasteiger partial charge in [-0.1, -0.05) is 25.1 Å². The second-order valence-corrected chi connectivity index (χ2v) is 9.06. The Morgan fingerprint density at radius 3 is 2.54 bits per heavy atom. The summed E-state index contributed by atoms with van der Waals surface area (Å²) in [6, 6.07) is 7.32. The van der Waals surface area contributed by atoms with Crippen LogP contribution in [0.2, 0.25) is 0 Å². The van der Waals surface area contributed by atoms with E-state index >= 15 is 0 Å². The Labute approximate surface area is 206 Å². The summed E-state index contributed by atoms with van der Waals surface area (Å²) in [6.07, 6.45) is 0.484. The number of rotatable bonds is 9. The first kappa shape index (κ1) is 26.5. The number of carbonyl (C=O) groups excluding carboxylic acids is 3. The van der Waals surface area contributed by atoms with Crippen molar-refractivity contribution in [3.05, 3.63) is 52.4 Å². The maximum absolute atomic E-state index is 13.8. The fourth-order valence-electron chi connectivity index (χ4n) is 4.76. The number of para-hydroxylation sites is 1. The maximum atomic E-state index is 13.8. The van der Waals surface area contributed by atoms with E-state index in [4.69, 9.17) is 18.9 Å². The number of hydrogen-bond acceptors (Lipinski definition) is 8. The van der Waals surface area contributed by atoms with Crippen molar-refractivity contribution >= 4 is 17.7 Å². The molecule has 0 spiro atoms. The zero-order valence-electron chi connectivity index (χ0n) is 21.3. The predicted molar refractivity (Wildman–Crippen MR) is 130 cm³/mol. The number of dihydropyridines is 1. The van der Waals surface area contributed by atoms with Crippen LogP contribution in [-0.4, -0.2) is 50.8 Å². The molecule has 0 saturated heterocycles. The summed E-state index contributed by atoms with van der Waals surface area (Å²) in [6.45, 7) is 10.1. The van der Waals surface area contributed by atoms with Gasteiger partial charge in [0.15, 0.2) is 5.78 Å². The number of nitrogens with one attached hydrogen (secondary N) is 1. The average Bonchev–Trinajstić information content (AvgIpc) is 2.81. The van der Waals surface area contributed by atoms with Crippen LogP contribution in [0.5, 0.6) is 5.75 Å². The van der Waals surface area contributed by atoms with Gasteiger partial charge in [0.1, 0.15) is 18.3 Å². The third kappa shape index (κ3) is 5.59. The largest absolute Gasteiger partial charge is 0.494 e. The predicted octanol–water partition coefficient (Wildman–Crippen LogP) is 3.67. The Morgan fingerprint density at radius 2 is 1.89 bits per heavy atom. The molecule has 1 aliphatic carbocycles. The van der Waals surface area contributed by atoms with Crippen LogP contribution >= 0.6 is 0 Å². The van der Waals surface area contributed by atoms with Crippen LogP contribution < -0.4 is 10.1 Å². The molecule has 1 aromatic rings. The summed E-state index contributed by atoms with van der Waals surface area (Å²) in [5.41, 5.74) is 2.66. The van der Waals surface area contributed by atoms with Crippen molar-refractivity contribution in [2.24, 2.45) is 11.8 Å². The standard InChI is InChI=1S/C27H35NO7/c1-7-33-20-11-9-8-10-18(20)23-22(27(31)35-13-12-34-15(2)3)17(5)28-19-14-16(4)21(26(30)32-6)25(29)24(19)23/h8-11,15-16,21,23,28H,7,12-14H2,1-6H3/t16-,21-,23+/m0/s1. The fraction of sp³-hybridized carbons (Fsp3) is 0.519. The lowest BCUT2D eigenvalue weighted by atomic mass is 9.69. The van der Waals surface area contributed by atoms with E-state index in [0.717, 1.165) is 0 Å². The molecule has 0 aromatic heterocycles. The van der Waals surface area contributed by atoms with Crippen LogP contribution in [0.25, 0.3) is 0 Å². The van der Waals surface area contributed by atoms with E-state index in [1.807, 2.05) is 52.0 Å². The third-order valence-corrected chi connectivity index (χ3v) is 6.26. The summed E-state index contributed by atoms with van der Waals surface area (Å²) in [5.74, 6) is -2.86. The third-order valence-electron chi connectivity index (χ3n) is 6.26. The fourth-order valence-corrected chi connectivity index (χ4v) is 4.76. The zero-order valence-corrected chi connectivity index (χ0v) is 21.3. The first-order chi connectivity index (χ1) is 16.7. The lowest BCUT2D eigenvalue weighted by Gasteiger charge is -2.38. The number of Topliss-reactive ketones (excluding diaryl/α,β-unsaturated/α-hetero) is 1. The van der Waals surface area contributed by atoms with Gasteiger partial charge in [0.25, 0.3) is 0 Å². The zero-order chi connectivity index (χ0) is 25.7. The van der Waals surface area contributed by atoms with Crippen molar-refractivity contribution in [3.63, 3.8) is 0 Å². The van der Waals surface area contributed by atoms with Crippen LogP contribution in [0.3, 0.4) is 0 Å². The Hall–Kier alpha value is -3.13. The van der Waals surface area contributed by atoms with Gasteiger partial charge >= 0.3 is 11.9 Å². The summed E-state index contributed by atoms with van der Waals surface area (Å²) in [5, 5.41) is 3.26. The van der Waals surface area contributed by atoms with Gasteiger partial charge in [0.05, 0.1) is 37.9 Å². The molecule has 0 bridgehead atoms. The second-order valence-electron chi connectivity index (χ2n) is 9.06. The van der Waals surface area contributed by atoms with Gasteiger partial charge in [-0.05, 0) is 46.1 Å². The number of carbonyl (C=O) groups is 3. The maximum Gasteiger partial charge on any atom is 0.336 e. The highest BCUT2D eigenvalue weighted by Gasteiger charge is 2.47. The van der Waals surface area contributed by atoms with E-state index in [-0.39, 0.29) is 31.0 Å². The van der Waals surface area contributed by atoms with Crippen molar-refractivity contribution in [1.29, 1.82) is 0 Å². The smallest absolute Gasteiger partial charge is 0.336 e. The van der Waals surface area contributed by atoms with Gasteiger partial charge in [0.2, 0.25) is 0 Å². The Morgan fingerprint density at radius 1 is 1.17 bits per heavy atom. The number of esters is 2. The lowest BCUT2D eigenvalue weighted by Crippen LogP contribution is -2.43. The number of methoxy groups -OCH3 is 1. The van der Waals surface area contributed by atoms with E-state index in [9.17, 15) is 14.4 Å². The first-order valence-corrected chi connectivity index (χ1v) is 12.0. The van der Waals surface area contributed by atoms with Crippen LogP contribution in [0.1, 0.15) is 52.5 Å². The Kier molecular flexibility index (Phi) is 8.72. The van der Waals surface area contributed by atoms with Crippen molar-refractivity contribution in [3.8, 4) is 5.75 Å². The number of hydrogen-bond donors (Lipinski definition) is 1. The average molecular weight is 486 g/mol. The summed E-state index contributed by atoms with van der Waals surface area (Å²) in [7, 11) is 1.28. The molecule has 0 fully saturated rings. The van der Waals surface area contributed by atoms with Gasteiger partial charge in [0, 0.05) is 22.5 Å². The highest BCUT2D eigenvalue weighted by Crippen LogP contribution is 2.47. The van der Waals surface area contributed by atoms with Crippen LogP contribution in [0.15, 0.2) is 46.8 Å². The minimum absolute atomic E-state index is 0.0154. The van der Waals surface area contributed by atoms with Gasteiger partial charge in [-0.3, -0.25) is 9.59 Å². The Bertz CT molecular complexity index is 1040. The van der Waals surface area contributed by atoms with Gasteiger partial charge in [-0.2, -0.15) is 0 Å². The summed E-state index contributed by atoms with van der Waals surface area (Å²) >= 11 is 0. The highest BCUT2D eigenvalue weighted by molar-refractivity contribution is 6.12. The highest BCUT2D eigenvalue weighted by atomic mass is 16.6. The molecule has 35 heavy (non-hydrogen) atoms. The molecule has 0 saturated carbocycles. The van der Waals surface area contributed by atoms with Crippen molar-refractivity contribution in [2.45, 2.75) is 53.1 Å². The van der Waals surface area contributed by atoms with Crippen molar-refractivity contribution in [2.75, 3.05) is 26.9 Å². The molecular weight excluding hydrogens is 450 g/mol. The van der Waals surface area contributed by atoms with Gasteiger partial charge in [-0.25, -0.2) is 4.79 Å². The number of benzene rings is 1. The SMILES string of the molecule is CCOc1ccccc1[C@@H]1C(C(=O)OCCOC(C)C)=C(C)NC2=C1C(=O)[C@@H](C(=O)OC)[C@@H](C)C2. The van der Waals surface area contributed by atoms with Crippen LogP contribution in [0.4, 0.5) is 0 Å². The molecule has 1 aromatic carbocycles. The van der Waals surface area contributed by atoms with Crippen molar-refractivity contribution in [1.82, 2.24) is 5.32 Å². The van der Waals surface area contributed by atoms with Crippen LogP contribution in [0, 0.1) is 11.8 Å². The van der Waals surface area contributed by atoms with E-state index in [1.54, 1.807) is 6.92 Å². The molecule has 1 aliphatic heterocycles. The first-order valence-electron chi connectivity index (χ1n) is 12.0. The molecule has 1 heterocycles. The summed E-state index contributed by atoms with van der Waals surface area (Å²) < 4.78 is 21.9. The Balaban J connectivity index is 2.09. The van der Waals surface area contributed by atoms with E-state index in [1.165, 1.54) is 7.11 Å². The molecule has 0 amide bonds. The van der Waals surface area contributed by atoms with E-state index in [0.29, 0.717) is 46.9 Å². The normalized spacial score (nSPS) is 22.0. The monoisotopic (exact) mass is 485 g/mol. The van der Waals surface area contributed by atoms with E-state index in [2.05, 4.69) is 5.32 Å². The molecule has 190 valence electrons.